The van der Waals surface area contributed by atoms with E-state index in [4.69, 9.17) is 14.2 Å². The third-order valence-corrected chi connectivity index (χ3v) is 3.68. The van der Waals surface area contributed by atoms with Gasteiger partial charge in [0.2, 0.25) is 6.79 Å². The number of rotatable bonds is 5. The van der Waals surface area contributed by atoms with Crippen LogP contribution in [-0.4, -0.2) is 29.9 Å². The van der Waals surface area contributed by atoms with E-state index in [9.17, 15) is 14.7 Å². The predicted molar refractivity (Wildman–Crippen MR) is 87.4 cm³/mol. The minimum absolute atomic E-state index is 0.0120. The molecule has 1 atom stereocenters. The van der Waals surface area contributed by atoms with Crippen molar-refractivity contribution in [3.8, 4) is 17.2 Å². The van der Waals surface area contributed by atoms with Gasteiger partial charge in [-0.2, -0.15) is 0 Å². The highest BCUT2D eigenvalue weighted by Gasteiger charge is 2.21. The molecule has 2 N–H and O–H groups in total. The molecule has 0 bridgehead atoms. The van der Waals surface area contributed by atoms with Crippen molar-refractivity contribution in [1.82, 2.24) is 5.32 Å². The van der Waals surface area contributed by atoms with Crippen molar-refractivity contribution in [3.63, 3.8) is 0 Å². The van der Waals surface area contributed by atoms with Crippen LogP contribution in [0.15, 0.2) is 42.5 Å². The minimum atomic E-state index is -0.999. The molecular formula is C18H17NO6. The van der Waals surface area contributed by atoms with E-state index in [1.807, 2.05) is 6.07 Å². The smallest absolute Gasteiger partial charge is 0.342 e. The van der Waals surface area contributed by atoms with Crippen LogP contribution in [0.2, 0.25) is 0 Å². The molecule has 25 heavy (non-hydrogen) atoms. The highest BCUT2D eigenvalue weighted by molar-refractivity contribution is 5.94. The molecule has 7 heteroatoms. The molecule has 0 radical (unpaired) electrons. The van der Waals surface area contributed by atoms with Crippen LogP contribution in [0.25, 0.3) is 0 Å². The second-order valence-corrected chi connectivity index (χ2v) is 5.47. The highest BCUT2D eigenvalue weighted by atomic mass is 16.7. The molecule has 1 amide bonds. The van der Waals surface area contributed by atoms with Crippen LogP contribution in [0.4, 0.5) is 0 Å². The van der Waals surface area contributed by atoms with Gasteiger partial charge in [0, 0.05) is 6.54 Å². The predicted octanol–water partition coefficient (Wildman–Crippen LogP) is 1.98. The van der Waals surface area contributed by atoms with E-state index in [2.05, 4.69) is 5.32 Å². The third kappa shape index (κ3) is 3.82. The van der Waals surface area contributed by atoms with Crippen LogP contribution in [0.5, 0.6) is 17.2 Å². The molecule has 0 aliphatic carbocycles. The lowest BCUT2D eigenvalue weighted by atomic mass is 10.2. The van der Waals surface area contributed by atoms with E-state index in [0.717, 1.165) is 5.56 Å². The fourth-order valence-corrected chi connectivity index (χ4v) is 2.31. The average Bonchev–Trinajstić information content (AvgIpc) is 3.07. The summed E-state index contributed by atoms with van der Waals surface area (Å²) in [5, 5.41) is 12.3. The summed E-state index contributed by atoms with van der Waals surface area (Å²) >= 11 is 0. The van der Waals surface area contributed by atoms with Crippen molar-refractivity contribution in [2.24, 2.45) is 0 Å². The van der Waals surface area contributed by atoms with Gasteiger partial charge in [-0.3, -0.25) is 4.79 Å². The Hall–Kier alpha value is -3.22. The summed E-state index contributed by atoms with van der Waals surface area (Å²) in [6.45, 7) is 1.91. The lowest BCUT2D eigenvalue weighted by Gasteiger charge is -2.14. The SMILES string of the molecule is CC(OC(=O)c1ccccc1O)C(=O)NCc1ccc2c(c1)OCO2. The molecule has 1 unspecified atom stereocenters. The minimum Gasteiger partial charge on any atom is -0.507 e. The fourth-order valence-electron chi connectivity index (χ4n) is 2.31. The molecule has 1 aliphatic rings. The van der Waals surface area contributed by atoms with E-state index < -0.39 is 18.0 Å². The van der Waals surface area contributed by atoms with Gasteiger partial charge in [0.15, 0.2) is 17.6 Å². The number of fused-ring (bicyclic) bond motifs is 1. The van der Waals surface area contributed by atoms with Crippen LogP contribution in [0, 0.1) is 0 Å². The van der Waals surface area contributed by atoms with Crippen LogP contribution in [0.3, 0.4) is 0 Å². The summed E-state index contributed by atoms with van der Waals surface area (Å²) in [6.07, 6.45) is -0.999. The van der Waals surface area contributed by atoms with E-state index in [0.29, 0.717) is 11.5 Å². The normalized spacial score (nSPS) is 13.2. The molecule has 130 valence electrons. The van der Waals surface area contributed by atoms with Gasteiger partial charge in [-0.1, -0.05) is 18.2 Å². The second kappa shape index (κ2) is 7.12. The standard InChI is InChI=1S/C18H17NO6/c1-11(25-18(22)13-4-2-3-5-14(13)20)17(21)19-9-12-6-7-15-16(8-12)24-10-23-15/h2-8,11,20H,9-10H2,1H3,(H,19,21). The zero-order valence-corrected chi connectivity index (χ0v) is 13.5. The van der Waals surface area contributed by atoms with E-state index in [1.165, 1.54) is 19.1 Å². The number of phenolic OH excluding ortho intramolecular Hbond substituents is 1. The average molecular weight is 343 g/mol. The molecule has 2 aromatic rings. The van der Waals surface area contributed by atoms with Gasteiger partial charge >= 0.3 is 5.97 Å². The molecule has 0 fully saturated rings. The van der Waals surface area contributed by atoms with Crippen LogP contribution < -0.4 is 14.8 Å². The van der Waals surface area contributed by atoms with Crippen LogP contribution in [0.1, 0.15) is 22.8 Å². The molecule has 1 heterocycles. The molecule has 2 aromatic carbocycles. The lowest BCUT2D eigenvalue weighted by molar-refractivity contribution is -0.129. The number of benzene rings is 2. The Balaban J connectivity index is 1.54. The van der Waals surface area contributed by atoms with Crippen molar-refractivity contribution in [2.75, 3.05) is 6.79 Å². The third-order valence-electron chi connectivity index (χ3n) is 3.68. The summed E-state index contributed by atoms with van der Waals surface area (Å²) in [7, 11) is 0. The van der Waals surface area contributed by atoms with Gasteiger partial charge in [0.1, 0.15) is 11.3 Å². The molecule has 0 aromatic heterocycles. The first-order chi connectivity index (χ1) is 12.0. The van der Waals surface area contributed by atoms with Crippen LogP contribution in [-0.2, 0) is 16.1 Å². The van der Waals surface area contributed by atoms with Gasteiger partial charge in [0.25, 0.3) is 5.91 Å². The van der Waals surface area contributed by atoms with Crippen molar-refractivity contribution in [1.29, 1.82) is 0 Å². The Morgan fingerprint density at radius 1 is 1.20 bits per heavy atom. The first-order valence-corrected chi connectivity index (χ1v) is 7.70. The number of phenols is 1. The zero-order valence-electron chi connectivity index (χ0n) is 13.5. The molecule has 7 nitrogen and oxygen atoms in total. The van der Waals surface area contributed by atoms with Crippen molar-refractivity contribution in [3.05, 3.63) is 53.6 Å². The topological polar surface area (TPSA) is 94.1 Å². The summed E-state index contributed by atoms with van der Waals surface area (Å²) in [6, 6.07) is 11.4. The number of carbonyl (C=O) groups excluding carboxylic acids is 2. The summed E-state index contributed by atoms with van der Waals surface area (Å²) < 4.78 is 15.6. The Kier molecular flexibility index (Phi) is 4.74. The van der Waals surface area contributed by atoms with E-state index in [1.54, 1.807) is 24.3 Å². The van der Waals surface area contributed by atoms with Gasteiger partial charge in [-0.25, -0.2) is 4.79 Å². The number of ether oxygens (including phenoxy) is 3. The van der Waals surface area contributed by atoms with Crippen molar-refractivity contribution in [2.45, 2.75) is 19.6 Å². The number of aromatic hydroxyl groups is 1. The van der Waals surface area contributed by atoms with E-state index >= 15 is 0 Å². The number of para-hydroxylation sites is 1. The summed E-state index contributed by atoms with van der Waals surface area (Å²) in [4.78, 5) is 24.1. The number of amides is 1. The Morgan fingerprint density at radius 2 is 1.96 bits per heavy atom. The Labute approximate surface area is 144 Å². The highest BCUT2D eigenvalue weighted by Crippen LogP contribution is 2.32. The molecule has 0 spiro atoms. The first kappa shape index (κ1) is 16.6. The van der Waals surface area contributed by atoms with Gasteiger partial charge in [0.05, 0.1) is 0 Å². The summed E-state index contributed by atoms with van der Waals surface area (Å²) in [5.41, 5.74) is 0.842. The second-order valence-electron chi connectivity index (χ2n) is 5.47. The fraction of sp³-hybridized carbons (Fsp3) is 0.222. The van der Waals surface area contributed by atoms with Gasteiger partial charge in [-0.05, 0) is 36.8 Å². The zero-order chi connectivity index (χ0) is 17.8. The Bertz CT molecular complexity index is 804. The van der Waals surface area contributed by atoms with Gasteiger partial charge < -0.3 is 24.6 Å². The number of esters is 1. The first-order valence-electron chi connectivity index (χ1n) is 7.70. The van der Waals surface area contributed by atoms with Crippen LogP contribution >= 0.6 is 0 Å². The Morgan fingerprint density at radius 3 is 2.76 bits per heavy atom. The quantitative estimate of drug-likeness (QED) is 0.806. The maximum atomic E-state index is 12.1. The molecule has 1 aliphatic heterocycles. The van der Waals surface area contributed by atoms with Crippen molar-refractivity contribution >= 4 is 11.9 Å². The molecular weight excluding hydrogens is 326 g/mol. The van der Waals surface area contributed by atoms with E-state index in [-0.39, 0.29) is 24.7 Å². The number of nitrogens with one attached hydrogen (secondary N) is 1. The lowest BCUT2D eigenvalue weighted by Crippen LogP contribution is -2.35. The number of hydrogen-bond donors (Lipinski definition) is 2. The number of carbonyl (C=O) groups is 2. The van der Waals surface area contributed by atoms with Crippen molar-refractivity contribution < 1.29 is 28.9 Å². The maximum Gasteiger partial charge on any atom is 0.342 e. The number of hydrogen-bond acceptors (Lipinski definition) is 6. The molecule has 0 saturated carbocycles. The maximum absolute atomic E-state index is 12.1. The molecule has 3 rings (SSSR count). The largest absolute Gasteiger partial charge is 0.507 e. The molecule has 0 saturated heterocycles. The summed E-state index contributed by atoms with van der Waals surface area (Å²) in [5.74, 6) is -0.100. The van der Waals surface area contributed by atoms with Gasteiger partial charge in [-0.15, -0.1) is 0 Å². The monoisotopic (exact) mass is 343 g/mol.